The highest BCUT2D eigenvalue weighted by molar-refractivity contribution is 7.09. The summed E-state index contributed by atoms with van der Waals surface area (Å²) in [6.07, 6.45) is 2.33. The van der Waals surface area contributed by atoms with Gasteiger partial charge in [0.1, 0.15) is 5.82 Å². The molecule has 0 bridgehead atoms. The van der Waals surface area contributed by atoms with E-state index in [1.165, 1.54) is 12.1 Å². The van der Waals surface area contributed by atoms with Gasteiger partial charge in [-0.05, 0) is 23.8 Å². The summed E-state index contributed by atoms with van der Waals surface area (Å²) >= 11 is 1.54. The standard InChI is InChI=1S/C10H9FN2S/c11-8-1-2-9(12)7(5-8)6-10-13-3-4-14-10/h1-5H,6,12H2. The SMILES string of the molecule is Nc1ccc(F)cc1Cc1nccs1. The first-order valence-corrected chi connectivity index (χ1v) is 5.06. The Labute approximate surface area is 85.2 Å². The van der Waals surface area contributed by atoms with E-state index in [0.717, 1.165) is 10.6 Å². The number of hydrogen-bond acceptors (Lipinski definition) is 3. The predicted molar refractivity (Wildman–Crippen MR) is 55.7 cm³/mol. The highest BCUT2D eigenvalue weighted by Crippen LogP contribution is 2.18. The zero-order valence-corrected chi connectivity index (χ0v) is 8.22. The van der Waals surface area contributed by atoms with Crippen LogP contribution in [-0.4, -0.2) is 4.98 Å². The van der Waals surface area contributed by atoms with E-state index in [9.17, 15) is 4.39 Å². The topological polar surface area (TPSA) is 38.9 Å². The second-order valence-corrected chi connectivity index (χ2v) is 3.92. The van der Waals surface area contributed by atoms with Crippen LogP contribution in [-0.2, 0) is 6.42 Å². The molecule has 0 spiro atoms. The molecule has 2 N–H and O–H groups in total. The number of anilines is 1. The van der Waals surface area contributed by atoms with E-state index < -0.39 is 0 Å². The molecule has 0 fully saturated rings. The van der Waals surface area contributed by atoms with Crippen molar-refractivity contribution in [3.05, 3.63) is 46.2 Å². The Bertz CT molecular complexity index is 426. The molecule has 0 aliphatic carbocycles. The predicted octanol–water partition coefficient (Wildman–Crippen LogP) is 2.46. The normalized spacial score (nSPS) is 10.4. The van der Waals surface area contributed by atoms with Gasteiger partial charge in [-0.2, -0.15) is 0 Å². The molecule has 0 aliphatic heterocycles. The zero-order chi connectivity index (χ0) is 9.97. The van der Waals surface area contributed by atoms with Crippen LogP contribution in [0.25, 0.3) is 0 Å². The number of benzene rings is 1. The van der Waals surface area contributed by atoms with Gasteiger partial charge in [0.2, 0.25) is 0 Å². The van der Waals surface area contributed by atoms with Crippen LogP contribution in [0.15, 0.2) is 29.8 Å². The average molecular weight is 208 g/mol. The Hall–Kier alpha value is -1.42. The molecule has 0 saturated carbocycles. The van der Waals surface area contributed by atoms with Crippen molar-refractivity contribution in [1.29, 1.82) is 0 Å². The van der Waals surface area contributed by atoms with Gasteiger partial charge in [-0.25, -0.2) is 9.37 Å². The zero-order valence-electron chi connectivity index (χ0n) is 7.40. The fourth-order valence-electron chi connectivity index (χ4n) is 1.23. The molecule has 1 aromatic heterocycles. The molecular formula is C10H9FN2S. The molecule has 14 heavy (non-hydrogen) atoms. The molecule has 2 rings (SSSR count). The van der Waals surface area contributed by atoms with Crippen LogP contribution in [0.4, 0.5) is 10.1 Å². The van der Waals surface area contributed by atoms with Crippen LogP contribution in [0.5, 0.6) is 0 Å². The fourth-order valence-corrected chi connectivity index (χ4v) is 1.87. The number of nitrogen functional groups attached to an aromatic ring is 1. The number of thiazole rings is 1. The van der Waals surface area contributed by atoms with Gasteiger partial charge in [-0.3, -0.25) is 0 Å². The first-order valence-electron chi connectivity index (χ1n) is 4.18. The lowest BCUT2D eigenvalue weighted by Crippen LogP contribution is -1.96. The summed E-state index contributed by atoms with van der Waals surface area (Å²) in [6.45, 7) is 0. The van der Waals surface area contributed by atoms with Gasteiger partial charge in [0.05, 0.1) is 5.01 Å². The van der Waals surface area contributed by atoms with Crippen LogP contribution in [0.3, 0.4) is 0 Å². The van der Waals surface area contributed by atoms with Crippen molar-refractivity contribution in [3.63, 3.8) is 0 Å². The first kappa shape index (κ1) is 9.15. The summed E-state index contributed by atoms with van der Waals surface area (Å²) in [7, 11) is 0. The van der Waals surface area contributed by atoms with E-state index in [2.05, 4.69) is 4.98 Å². The molecule has 2 aromatic rings. The third kappa shape index (κ3) is 1.90. The van der Waals surface area contributed by atoms with Crippen LogP contribution in [0.2, 0.25) is 0 Å². The Morgan fingerprint density at radius 2 is 2.29 bits per heavy atom. The highest BCUT2D eigenvalue weighted by Gasteiger charge is 2.03. The molecule has 72 valence electrons. The van der Waals surface area contributed by atoms with E-state index in [-0.39, 0.29) is 5.82 Å². The minimum Gasteiger partial charge on any atom is -0.398 e. The molecule has 2 nitrogen and oxygen atoms in total. The molecule has 0 unspecified atom stereocenters. The van der Waals surface area contributed by atoms with Gasteiger partial charge in [-0.15, -0.1) is 11.3 Å². The minimum atomic E-state index is -0.259. The lowest BCUT2D eigenvalue weighted by molar-refractivity contribution is 0.626. The van der Waals surface area contributed by atoms with Gasteiger partial charge in [0.25, 0.3) is 0 Å². The summed E-state index contributed by atoms with van der Waals surface area (Å²) in [5.74, 6) is -0.259. The second-order valence-electron chi connectivity index (χ2n) is 2.95. The molecule has 4 heteroatoms. The molecule has 0 saturated heterocycles. The third-order valence-electron chi connectivity index (χ3n) is 1.93. The fraction of sp³-hybridized carbons (Fsp3) is 0.100. The van der Waals surface area contributed by atoms with Crippen molar-refractivity contribution in [3.8, 4) is 0 Å². The van der Waals surface area contributed by atoms with Gasteiger partial charge in [-0.1, -0.05) is 0 Å². The van der Waals surface area contributed by atoms with Crippen LogP contribution >= 0.6 is 11.3 Å². The minimum absolute atomic E-state index is 0.259. The maximum Gasteiger partial charge on any atom is 0.123 e. The number of rotatable bonds is 2. The monoisotopic (exact) mass is 208 g/mol. The number of halogens is 1. The van der Waals surface area contributed by atoms with Gasteiger partial charge in [0.15, 0.2) is 0 Å². The number of aromatic nitrogens is 1. The summed E-state index contributed by atoms with van der Waals surface area (Å²) in [5, 5.41) is 2.84. The molecular weight excluding hydrogens is 199 g/mol. The Balaban J connectivity index is 2.28. The summed E-state index contributed by atoms with van der Waals surface area (Å²) in [4.78, 5) is 4.12. The Kier molecular flexibility index (Phi) is 2.45. The number of hydrogen-bond donors (Lipinski definition) is 1. The summed E-state index contributed by atoms with van der Waals surface area (Å²) in [5.41, 5.74) is 7.12. The second kappa shape index (κ2) is 3.75. The van der Waals surface area contributed by atoms with E-state index in [4.69, 9.17) is 5.73 Å². The summed E-state index contributed by atoms with van der Waals surface area (Å²) < 4.78 is 12.9. The van der Waals surface area contributed by atoms with Crippen molar-refractivity contribution < 1.29 is 4.39 Å². The smallest absolute Gasteiger partial charge is 0.123 e. The van der Waals surface area contributed by atoms with E-state index in [1.54, 1.807) is 23.6 Å². The van der Waals surface area contributed by atoms with Crippen LogP contribution in [0, 0.1) is 5.82 Å². The lowest BCUT2D eigenvalue weighted by atomic mass is 10.1. The molecule has 0 amide bonds. The maximum absolute atomic E-state index is 12.9. The molecule has 1 heterocycles. The molecule has 1 aromatic carbocycles. The molecule has 0 aliphatic rings. The van der Waals surface area contributed by atoms with Crippen molar-refractivity contribution in [2.45, 2.75) is 6.42 Å². The van der Waals surface area contributed by atoms with Crippen molar-refractivity contribution in [2.75, 3.05) is 5.73 Å². The van der Waals surface area contributed by atoms with Gasteiger partial charge in [0, 0.05) is 23.7 Å². The molecule has 0 radical (unpaired) electrons. The quantitative estimate of drug-likeness (QED) is 0.770. The average Bonchev–Trinajstić information content (AvgIpc) is 2.64. The first-order chi connectivity index (χ1) is 6.75. The number of nitrogens with zero attached hydrogens (tertiary/aromatic N) is 1. The summed E-state index contributed by atoms with van der Waals surface area (Å²) in [6, 6.07) is 4.40. The highest BCUT2D eigenvalue weighted by atomic mass is 32.1. The van der Waals surface area contributed by atoms with Gasteiger partial charge >= 0.3 is 0 Å². The van der Waals surface area contributed by atoms with Crippen LogP contribution in [0.1, 0.15) is 10.6 Å². The number of nitrogens with two attached hydrogens (primary N) is 1. The van der Waals surface area contributed by atoms with E-state index in [1.807, 2.05) is 5.38 Å². The van der Waals surface area contributed by atoms with E-state index >= 15 is 0 Å². The third-order valence-corrected chi connectivity index (χ3v) is 2.71. The van der Waals surface area contributed by atoms with Gasteiger partial charge < -0.3 is 5.73 Å². The van der Waals surface area contributed by atoms with Crippen molar-refractivity contribution in [1.82, 2.24) is 4.98 Å². The Morgan fingerprint density at radius 3 is 3.00 bits per heavy atom. The van der Waals surface area contributed by atoms with E-state index in [0.29, 0.717) is 12.1 Å². The van der Waals surface area contributed by atoms with Crippen molar-refractivity contribution >= 4 is 17.0 Å². The lowest BCUT2D eigenvalue weighted by Gasteiger charge is -2.02. The molecule has 0 atom stereocenters. The Morgan fingerprint density at radius 1 is 1.43 bits per heavy atom. The maximum atomic E-state index is 12.9. The largest absolute Gasteiger partial charge is 0.398 e. The van der Waals surface area contributed by atoms with Crippen LogP contribution < -0.4 is 5.73 Å². The van der Waals surface area contributed by atoms with Crippen molar-refractivity contribution in [2.24, 2.45) is 0 Å².